The van der Waals surface area contributed by atoms with Crippen LogP contribution in [0.3, 0.4) is 0 Å². The first kappa shape index (κ1) is 18.6. The van der Waals surface area contributed by atoms with Crippen LogP contribution in [0.5, 0.6) is 0 Å². The predicted octanol–water partition coefficient (Wildman–Crippen LogP) is 3.79. The Morgan fingerprint density at radius 1 is 1.23 bits per heavy atom. The Morgan fingerprint density at radius 2 is 2.00 bits per heavy atom. The third-order valence-corrected chi connectivity index (χ3v) is 5.08. The molecule has 0 fully saturated rings. The highest BCUT2D eigenvalue weighted by Crippen LogP contribution is 2.28. The molecule has 0 saturated heterocycles. The quantitative estimate of drug-likeness (QED) is 0.855. The molecular weight excluding hydrogens is 324 g/mol. The molecule has 26 heavy (non-hydrogen) atoms. The lowest BCUT2D eigenvalue weighted by molar-refractivity contribution is 0.0785. The molecule has 0 saturated carbocycles. The first-order valence-corrected chi connectivity index (χ1v) is 9.48. The number of aryl methyl sites for hydroxylation is 1. The zero-order valence-corrected chi connectivity index (χ0v) is 16.5. The van der Waals surface area contributed by atoms with Crippen LogP contribution in [0.25, 0.3) is 0 Å². The summed E-state index contributed by atoms with van der Waals surface area (Å²) in [5.74, 6) is 1.68. The minimum Gasteiger partial charge on any atom is -0.386 e. The second-order valence-corrected chi connectivity index (χ2v) is 7.86. The molecule has 0 spiro atoms. The number of fused-ring (bicyclic) bond motifs is 1. The second kappa shape index (κ2) is 7.23. The Balaban J connectivity index is 1.82. The van der Waals surface area contributed by atoms with Gasteiger partial charge in [0.15, 0.2) is 0 Å². The SMILES string of the molecule is CC[C@@H](C)Nc1nc(C)cc(N2CCc3cc(C(C)(C)O)ccc3C2)n1. The molecule has 1 aliphatic heterocycles. The van der Waals surface area contributed by atoms with E-state index in [1.807, 2.05) is 26.8 Å². The number of benzene rings is 1. The molecule has 2 heterocycles. The largest absolute Gasteiger partial charge is 0.386 e. The first-order chi connectivity index (χ1) is 12.3. The average Bonchev–Trinajstić information content (AvgIpc) is 2.59. The van der Waals surface area contributed by atoms with Crippen molar-refractivity contribution in [3.8, 4) is 0 Å². The van der Waals surface area contributed by atoms with Crippen molar-refractivity contribution in [3.63, 3.8) is 0 Å². The van der Waals surface area contributed by atoms with Gasteiger partial charge in [-0.05, 0) is 57.2 Å². The van der Waals surface area contributed by atoms with Gasteiger partial charge in [-0.1, -0.05) is 25.1 Å². The lowest BCUT2D eigenvalue weighted by Gasteiger charge is -2.31. The minimum absolute atomic E-state index is 0.354. The van der Waals surface area contributed by atoms with E-state index >= 15 is 0 Å². The van der Waals surface area contributed by atoms with E-state index in [-0.39, 0.29) is 0 Å². The molecule has 1 aromatic heterocycles. The van der Waals surface area contributed by atoms with Crippen molar-refractivity contribution in [2.24, 2.45) is 0 Å². The lowest BCUT2D eigenvalue weighted by atomic mass is 9.91. The van der Waals surface area contributed by atoms with E-state index < -0.39 is 5.60 Å². The van der Waals surface area contributed by atoms with E-state index in [4.69, 9.17) is 4.98 Å². The molecule has 0 radical (unpaired) electrons. The summed E-state index contributed by atoms with van der Waals surface area (Å²) in [5.41, 5.74) is 3.78. The maximum Gasteiger partial charge on any atom is 0.225 e. The Labute approximate surface area is 156 Å². The zero-order chi connectivity index (χ0) is 18.9. The van der Waals surface area contributed by atoms with Crippen molar-refractivity contribution in [2.75, 3.05) is 16.8 Å². The Hall–Kier alpha value is -2.14. The van der Waals surface area contributed by atoms with Crippen LogP contribution >= 0.6 is 0 Å². The number of nitrogens with zero attached hydrogens (tertiary/aromatic N) is 3. The van der Waals surface area contributed by atoms with Crippen molar-refractivity contribution < 1.29 is 5.11 Å². The maximum atomic E-state index is 10.2. The summed E-state index contributed by atoms with van der Waals surface area (Å²) in [6.45, 7) is 11.7. The summed E-state index contributed by atoms with van der Waals surface area (Å²) >= 11 is 0. The van der Waals surface area contributed by atoms with Crippen LogP contribution in [0.1, 0.15) is 56.5 Å². The molecule has 5 nitrogen and oxygen atoms in total. The molecule has 1 atom stereocenters. The fourth-order valence-electron chi connectivity index (χ4n) is 3.23. The predicted molar refractivity (Wildman–Crippen MR) is 107 cm³/mol. The van der Waals surface area contributed by atoms with Crippen LogP contribution in [0.4, 0.5) is 11.8 Å². The van der Waals surface area contributed by atoms with Crippen molar-refractivity contribution in [1.82, 2.24) is 9.97 Å². The van der Waals surface area contributed by atoms with Crippen LogP contribution < -0.4 is 10.2 Å². The molecule has 2 aromatic rings. The topological polar surface area (TPSA) is 61.3 Å². The van der Waals surface area contributed by atoms with Crippen molar-refractivity contribution >= 4 is 11.8 Å². The van der Waals surface area contributed by atoms with Crippen LogP contribution in [0, 0.1) is 6.92 Å². The number of anilines is 2. The van der Waals surface area contributed by atoms with Crippen LogP contribution in [0.2, 0.25) is 0 Å². The summed E-state index contributed by atoms with van der Waals surface area (Å²) in [6, 6.07) is 8.73. The summed E-state index contributed by atoms with van der Waals surface area (Å²) in [7, 11) is 0. The maximum absolute atomic E-state index is 10.2. The standard InChI is InChI=1S/C21H30N4O/c1-6-14(2)22-20-23-15(3)11-19(24-20)25-10-9-16-12-18(21(4,5)26)8-7-17(16)13-25/h7-8,11-12,14,26H,6,9-10,13H2,1-5H3,(H,22,23,24)/t14-/m1/s1. The molecule has 140 valence electrons. The fraction of sp³-hybridized carbons (Fsp3) is 0.524. The molecule has 1 aromatic carbocycles. The van der Waals surface area contributed by atoms with Gasteiger partial charge in [0.1, 0.15) is 5.82 Å². The van der Waals surface area contributed by atoms with Crippen molar-refractivity contribution in [2.45, 2.75) is 65.6 Å². The Morgan fingerprint density at radius 3 is 2.69 bits per heavy atom. The van der Waals surface area contributed by atoms with Crippen molar-refractivity contribution in [3.05, 3.63) is 46.6 Å². The lowest BCUT2D eigenvalue weighted by Crippen LogP contribution is -2.32. The highest BCUT2D eigenvalue weighted by molar-refractivity contribution is 5.49. The molecule has 3 rings (SSSR count). The number of hydrogen-bond acceptors (Lipinski definition) is 5. The summed E-state index contributed by atoms with van der Waals surface area (Å²) < 4.78 is 0. The number of rotatable bonds is 5. The molecule has 1 aliphatic rings. The van der Waals surface area contributed by atoms with E-state index in [1.165, 1.54) is 11.1 Å². The van der Waals surface area contributed by atoms with E-state index in [1.54, 1.807) is 0 Å². The molecule has 0 aliphatic carbocycles. The number of aliphatic hydroxyl groups is 1. The van der Waals surface area contributed by atoms with Gasteiger partial charge in [0.25, 0.3) is 0 Å². The monoisotopic (exact) mass is 354 g/mol. The molecule has 5 heteroatoms. The molecule has 0 amide bonds. The Bertz CT molecular complexity index is 782. The van der Waals surface area contributed by atoms with Gasteiger partial charge in [-0.3, -0.25) is 0 Å². The highest BCUT2D eigenvalue weighted by Gasteiger charge is 2.22. The van der Waals surface area contributed by atoms with Gasteiger partial charge in [0.2, 0.25) is 5.95 Å². The van der Waals surface area contributed by atoms with Gasteiger partial charge >= 0.3 is 0 Å². The fourth-order valence-corrected chi connectivity index (χ4v) is 3.23. The highest BCUT2D eigenvalue weighted by atomic mass is 16.3. The molecular formula is C21H30N4O. The van der Waals surface area contributed by atoms with E-state index in [2.05, 4.69) is 47.2 Å². The van der Waals surface area contributed by atoms with Gasteiger partial charge in [-0.15, -0.1) is 0 Å². The normalized spacial score (nSPS) is 15.5. The minimum atomic E-state index is -0.799. The Kier molecular flexibility index (Phi) is 5.19. The zero-order valence-electron chi connectivity index (χ0n) is 16.5. The summed E-state index contributed by atoms with van der Waals surface area (Å²) in [5, 5.41) is 13.6. The van der Waals surface area contributed by atoms with Crippen molar-refractivity contribution in [1.29, 1.82) is 0 Å². The van der Waals surface area contributed by atoms with E-state index in [0.717, 1.165) is 43.0 Å². The van der Waals surface area contributed by atoms with Crippen LogP contribution in [-0.2, 0) is 18.6 Å². The first-order valence-electron chi connectivity index (χ1n) is 9.48. The third-order valence-electron chi connectivity index (χ3n) is 5.08. The third kappa shape index (κ3) is 4.15. The van der Waals surface area contributed by atoms with E-state index in [0.29, 0.717) is 12.0 Å². The molecule has 0 unspecified atom stereocenters. The van der Waals surface area contributed by atoms with Crippen LogP contribution in [-0.4, -0.2) is 27.7 Å². The van der Waals surface area contributed by atoms with Gasteiger partial charge in [0, 0.05) is 30.9 Å². The molecule has 2 N–H and O–H groups in total. The van der Waals surface area contributed by atoms with Gasteiger partial charge in [-0.25, -0.2) is 4.98 Å². The summed E-state index contributed by atoms with van der Waals surface area (Å²) in [4.78, 5) is 11.6. The number of aromatic nitrogens is 2. The van der Waals surface area contributed by atoms with Crippen LogP contribution in [0.15, 0.2) is 24.3 Å². The second-order valence-electron chi connectivity index (χ2n) is 7.86. The van der Waals surface area contributed by atoms with Gasteiger partial charge < -0.3 is 15.3 Å². The van der Waals surface area contributed by atoms with Gasteiger partial charge in [-0.2, -0.15) is 4.98 Å². The average molecular weight is 354 g/mol. The number of hydrogen-bond donors (Lipinski definition) is 2. The molecule has 0 bridgehead atoms. The summed E-state index contributed by atoms with van der Waals surface area (Å²) in [6.07, 6.45) is 1.99. The smallest absolute Gasteiger partial charge is 0.225 e. The van der Waals surface area contributed by atoms with E-state index in [9.17, 15) is 5.11 Å². The number of nitrogens with one attached hydrogen (secondary N) is 1. The van der Waals surface area contributed by atoms with Gasteiger partial charge in [0.05, 0.1) is 5.60 Å².